The third-order valence-electron chi connectivity index (χ3n) is 5.03. The van der Waals surface area contributed by atoms with Gasteiger partial charge < -0.3 is 10.2 Å². The van der Waals surface area contributed by atoms with Crippen LogP contribution in [0.1, 0.15) is 28.8 Å². The number of hydrogen-bond donors (Lipinski definition) is 1. The Labute approximate surface area is 163 Å². The minimum Gasteiger partial charge on any atom is -0.356 e. The SMILES string of the molecule is O=C(NCCc1ccc([N+](=O)[O-])cc1)C1CCN(C(=O)c2ccccc2)CC1. The van der Waals surface area contributed by atoms with E-state index < -0.39 is 4.92 Å². The van der Waals surface area contributed by atoms with Crippen LogP contribution in [0.3, 0.4) is 0 Å². The molecule has 0 aliphatic carbocycles. The fraction of sp³-hybridized carbons (Fsp3) is 0.333. The molecule has 2 aromatic carbocycles. The molecule has 1 saturated heterocycles. The number of likely N-dealkylation sites (tertiary alicyclic amines) is 1. The van der Waals surface area contributed by atoms with Gasteiger partial charge in [-0.15, -0.1) is 0 Å². The van der Waals surface area contributed by atoms with Crippen molar-refractivity contribution < 1.29 is 14.5 Å². The number of nitrogens with zero attached hydrogens (tertiary/aromatic N) is 2. The molecule has 2 amide bonds. The normalized spacial score (nSPS) is 14.5. The van der Waals surface area contributed by atoms with Gasteiger partial charge in [-0.05, 0) is 37.0 Å². The van der Waals surface area contributed by atoms with E-state index in [1.54, 1.807) is 29.2 Å². The van der Waals surface area contributed by atoms with Crippen molar-refractivity contribution in [2.75, 3.05) is 19.6 Å². The number of piperidine rings is 1. The van der Waals surface area contributed by atoms with Crippen molar-refractivity contribution in [2.24, 2.45) is 5.92 Å². The Kier molecular flexibility index (Phi) is 6.37. The van der Waals surface area contributed by atoms with Gasteiger partial charge in [0.15, 0.2) is 0 Å². The molecule has 1 heterocycles. The Bertz CT molecular complexity index is 828. The van der Waals surface area contributed by atoms with E-state index in [-0.39, 0.29) is 23.4 Å². The Morgan fingerprint density at radius 3 is 2.29 bits per heavy atom. The van der Waals surface area contributed by atoms with Crippen molar-refractivity contribution in [2.45, 2.75) is 19.3 Å². The van der Waals surface area contributed by atoms with Gasteiger partial charge in [-0.3, -0.25) is 19.7 Å². The van der Waals surface area contributed by atoms with Crippen LogP contribution in [0.5, 0.6) is 0 Å². The summed E-state index contributed by atoms with van der Waals surface area (Å²) in [6, 6.07) is 15.5. The van der Waals surface area contributed by atoms with E-state index in [2.05, 4.69) is 5.32 Å². The van der Waals surface area contributed by atoms with Gasteiger partial charge in [0, 0.05) is 43.2 Å². The fourth-order valence-corrected chi connectivity index (χ4v) is 3.37. The molecule has 0 aromatic heterocycles. The van der Waals surface area contributed by atoms with Crippen LogP contribution in [0.4, 0.5) is 5.69 Å². The first-order chi connectivity index (χ1) is 13.5. The van der Waals surface area contributed by atoms with Crippen molar-refractivity contribution in [1.82, 2.24) is 10.2 Å². The van der Waals surface area contributed by atoms with E-state index in [1.807, 2.05) is 18.2 Å². The molecule has 1 fully saturated rings. The second-order valence-electron chi connectivity index (χ2n) is 6.90. The maximum Gasteiger partial charge on any atom is 0.269 e. The summed E-state index contributed by atoms with van der Waals surface area (Å²) >= 11 is 0. The van der Waals surface area contributed by atoms with Gasteiger partial charge in [0.2, 0.25) is 5.91 Å². The molecule has 1 aliphatic rings. The van der Waals surface area contributed by atoms with Gasteiger partial charge >= 0.3 is 0 Å². The van der Waals surface area contributed by atoms with E-state index in [1.165, 1.54) is 12.1 Å². The fourth-order valence-electron chi connectivity index (χ4n) is 3.37. The summed E-state index contributed by atoms with van der Waals surface area (Å²) < 4.78 is 0. The Balaban J connectivity index is 1.41. The van der Waals surface area contributed by atoms with E-state index in [0.29, 0.717) is 44.5 Å². The van der Waals surface area contributed by atoms with E-state index in [4.69, 9.17) is 0 Å². The Morgan fingerprint density at radius 2 is 1.68 bits per heavy atom. The molecule has 0 spiro atoms. The second-order valence-corrected chi connectivity index (χ2v) is 6.90. The molecule has 0 unspecified atom stereocenters. The molecule has 146 valence electrons. The number of nitro groups is 1. The Hall–Kier alpha value is -3.22. The minimum atomic E-state index is -0.430. The number of nitro benzene ring substituents is 1. The summed E-state index contributed by atoms with van der Waals surface area (Å²) in [7, 11) is 0. The topological polar surface area (TPSA) is 92.5 Å². The summed E-state index contributed by atoms with van der Waals surface area (Å²) in [6.07, 6.45) is 1.93. The van der Waals surface area contributed by atoms with Crippen LogP contribution in [-0.4, -0.2) is 41.3 Å². The first kappa shape index (κ1) is 19.5. The zero-order valence-electron chi connectivity index (χ0n) is 15.5. The molecule has 1 N–H and O–H groups in total. The molecule has 0 bridgehead atoms. The number of nitrogens with one attached hydrogen (secondary N) is 1. The lowest BCUT2D eigenvalue weighted by Crippen LogP contribution is -2.43. The predicted octanol–water partition coefficient (Wildman–Crippen LogP) is 2.81. The number of non-ortho nitro benzene ring substituents is 1. The summed E-state index contributed by atoms with van der Waals surface area (Å²) in [4.78, 5) is 36.9. The average Bonchev–Trinajstić information content (AvgIpc) is 2.74. The molecule has 0 atom stereocenters. The van der Waals surface area contributed by atoms with Crippen molar-refractivity contribution in [3.63, 3.8) is 0 Å². The lowest BCUT2D eigenvalue weighted by atomic mass is 9.95. The summed E-state index contributed by atoms with van der Waals surface area (Å²) in [5, 5.41) is 13.6. The zero-order valence-corrected chi connectivity index (χ0v) is 15.5. The van der Waals surface area contributed by atoms with Crippen LogP contribution in [0.15, 0.2) is 54.6 Å². The van der Waals surface area contributed by atoms with E-state index in [9.17, 15) is 19.7 Å². The first-order valence-corrected chi connectivity index (χ1v) is 9.40. The standard InChI is InChI=1S/C21H23N3O4/c25-20(22-13-10-16-6-8-19(9-7-16)24(27)28)17-11-14-23(15-12-17)21(26)18-4-2-1-3-5-18/h1-9,17H,10-15H2,(H,22,25). The largest absolute Gasteiger partial charge is 0.356 e. The highest BCUT2D eigenvalue weighted by molar-refractivity contribution is 5.94. The highest BCUT2D eigenvalue weighted by atomic mass is 16.6. The summed E-state index contributed by atoms with van der Waals surface area (Å²) in [5.74, 6) is -0.0666. The van der Waals surface area contributed by atoms with Crippen LogP contribution in [0.25, 0.3) is 0 Å². The monoisotopic (exact) mass is 381 g/mol. The van der Waals surface area contributed by atoms with E-state index in [0.717, 1.165) is 5.56 Å². The molecular formula is C21H23N3O4. The van der Waals surface area contributed by atoms with Crippen LogP contribution >= 0.6 is 0 Å². The first-order valence-electron chi connectivity index (χ1n) is 9.40. The highest BCUT2D eigenvalue weighted by Crippen LogP contribution is 2.19. The molecule has 1 aliphatic heterocycles. The van der Waals surface area contributed by atoms with Crippen LogP contribution < -0.4 is 5.32 Å². The number of carbonyl (C=O) groups excluding carboxylic acids is 2. The smallest absolute Gasteiger partial charge is 0.269 e. The number of rotatable bonds is 6. The highest BCUT2D eigenvalue weighted by Gasteiger charge is 2.27. The van der Waals surface area contributed by atoms with Gasteiger partial charge in [0.05, 0.1) is 4.92 Å². The van der Waals surface area contributed by atoms with Gasteiger partial charge in [0.25, 0.3) is 11.6 Å². The third kappa shape index (κ3) is 4.94. The molecule has 2 aromatic rings. The van der Waals surface area contributed by atoms with E-state index >= 15 is 0 Å². The van der Waals surface area contributed by atoms with Crippen LogP contribution in [0.2, 0.25) is 0 Å². The van der Waals surface area contributed by atoms with Crippen LogP contribution in [0, 0.1) is 16.0 Å². The van der Waals surface area contributed by atoms with Gasteiger partial charge in [-0.25, -0.2) is 0 Å². The predicted molar refractivity (Wildman–Crippen MR) is 105 cm³/mol. The lowest BCUT2D eigenvalue weighted by Gasteiger charge is -2.31. The molecule has 0 radical (unpaired) electrons. The molecule has 7 nitrogen and oxygen atoms in total. The molecule has 28 heavy (non-hydrogen) atoms. The van der Waals surface area contributed by atoms with Crippen molar-refractivity contribution in [1.29, 1.82) is 0 Å². The van der Waals surface area contributed by atoms with Crippen LogP contribution in [-0.2, 0) is 11.2 Å². The molecule has 7 heteroatoms. The minimum absolute atomic E-state index is 0.00808. The molecule has 3 rings (SSSR count). The molecular weight excluding hydrogens is 358 g/mol. The number of hydrogen-bond acceptors (Lipinski definition) is 4. The Morgan fingerprint density at radius 1 is 1.04 bits per heavy atom. The van der Waals surface area contributed by atoms with Gasteiger partial charge in [-0.1, -0.05) is 30.3 Å². The quantitative estimate of drug-likeness (QED) is 0.615. The maximum atomic E-state index is 12.5. The van der Waals surface area contributed by atoms with Crippen molar-refractivity contribution in [3.05, 3.63) is 75.8 Å². The third-order valence-corrected chi connectivity index (χ3v) is 5.03. The lowest BCUT2D eigenvalue weighted by molar-refractivity contribution is -0.384. The maximum absolute atomic E-state index is 12.5. The second kappa shape index (κ2) is 9.12. The van der Waals surface area contributed by atoms with Gasteiger partial charge in [0.1, 0.15) is 0 Å². The summed E-state index contributed by atoms with van der Waals surface area (Å²) in [5.41, 5.74) is 1.67. The van der Waals surface area contributed by atoms with Gasteiger partial charge in [-0.2, -0.15) is 0 Å². The number of amides is 2. The van der Waals surface area contributed by atoms with Crippen molar-refractivity contribution in [3.8, 4) is 0 Å². The number of carbonyl (C=O) groups is 2. The van der Waals surface area contributed by atoms with Crippen molar-refractivity contribution >= 4 is 17.5 Å². The number of benzene rings is 2. The zero-order chi connectivity index (χ0) is 19.9. The average molecular weight is 381 g/mol. The molecule has 0 saturated carbocycles. The summed E-state index contributed by atoms with van der Waals surface area (Å²) in [6.45, 7) is 1.64.